The van der Waals surface area contributed by atoms with E-state index in [1.807, 2.05) is 22.8 Å². The Morgan fingerprint density at radius 1 is 1.27 bits per heavy atom. The highest BCUT2D eigenvalue weighted by Crippen LogP contribution is 2.37. The van der Waals surface area contributed by atoms with E-state index in [2.05, 4.69) is 30.0 Å². The predicted molar refractivity (Wildman–Crippen MR) is 86.5 cm³/mol. The van der Waals surface area contributed by atoms with Crippen LogP contribution in [-0.2, 0) is 11.3 Å². The third-order valence-electron chi connectivity index (χ3n) is 5.30. The summed E-state index contributed by atoms with van der Waals surface area (Å²) in [5.74, 6) is 0.243. The van der Waals surface area contributed by atoms with Crippen LogP contribution in [0.25, 0.3) is 0 Å². The Balaban J connectivity index is 1.79. The number of nitrogens with zero attached hydrogens (tertiary/aromatic N) is 4. The van der Waals surface area contributed by atoms with Gasteiger partial charge in [-0.1, -0.05) is 19.3 Å². The maximum Gasteiger partial charge on any atom is 0.236 e. The van der Waals surface area contributed by atoms with Crippen LogP contribution in [-0.4, -0.2) is 51.2 Å². The lowest BCUT2D eigenvalue weighted by atomic mass is 9.78. The van der Waals surface area contributed by atoms with E-state index in [9.17, 15) is 4.79 Å². The van der Waals surface area contributed by atoms with Gasteiger partial charge in [-0.2, -0.15) is 5.10 Å². The van der Waals surface area contributed by atoms with Crippen molar-refractivity contribution in [1.82, 2.24) is 19.6 Å². The molecule has 1 saturated heterocycles. The zero-order valence-electron chi connectivity index (χ0n) is 14.1. The van der Waals surface area contributed by atoms with E-state index >= 15 is 0 Å². The molecule has 0 aromatic carbocycles. The summed E-state index contributed by atoms with van der Waals surface area (Å²) in [6.07, 6.45) is 10.4. The number of rotatable bonds is 3. The molecule has 0 atom stereocenters. The number of hydrogen-bond donors (Lipinski definition) is 0. The lowest BCUT2D eigenvalue weighted by molar-refractivity contribution is -0.144. The van der Waals surface area contributed by atoms with Gasteiger partial charge in [0.05, 0.1) is 12.7 Å². The van der Waals surface area contributed by atoms with Crippen molar-refractivity contribution in [2.75, 3.05) is 20.1 Å². The van der Waals surface area contributed by atoms with Crippen molar-refractivity contribution < 1.29 is 4.79 Å². The molecular formula is C17H28N4O. The number of amides is 1. The Kier molecular flexibility index (Phi) is 4.26. The van der Waals surface area contributed by atoms with Crippen LogP contribution in [0, 0.1) is 0 Å². The summed E-state index contributed by atoms with van der Waals surface area (Å²) in [5.41, 5.74) is 1.40. The molecule has 1 aliphatic carbocycles. The molecule has 1 aliphatic heterocycles. The van der Waals surface area contributed by atoms with Crippen molar-refractivity contribution in [3.8, 4) is 0 Å². The summed E-state index contributed by atoms with van der Waals surface area (Å²) >= 11 is 0. The summed E-state index contributed by atoms with van der Waals surface area (Å²) in [4.78, 5) is 16.6. The summed E-state index contributed by atoms with van der Waals surface area (Å²) in [7, 11) is 1.95. The van der Waals surface area contributed by atoms with Crippen molar-refractivity contribution >= 4 is 5.91 Å². The van der Waals surface area contributed by atoms with Gasteiger partial charge in [-0.05, 0) is 26.7 Å². The van der Waals surface area contributed by atoms with Gasteiger partial charge in [0.1, 0.15) is 0 Å². The van der Waals surface area contributed by atoms with Gasteiger partial charge >= 0.3 is 0 Å². The maximum absolute atomic E-state index is 12.2. The van der Waals surface area contributed by atoms with E-state index < -0.39 is 0 Å². The second-order valence-corrected chi connectivity index (χ2v) is 7.31. The van der Waals surface area contributed by atoms with Crippen molar-refractivity contribution in [1.29, 1.82) is 0 Å². The van der Waals surface area contributed by atoms with E-state index in [-0.39, 0.29) is 11.4 Å². The highest BCUT2D eigenvalue weighted by atomic mass is 16.2. The Labute approximate surface area is 133 Å². The maximum atomic E-state index is 12.2. The van der Waals surface area contributed by atoms with Gasteiger partial charge in [-0.3, -0.25) is 14.4 Å². The van der Waals surface area contributed by atoms with Gasteiger partial charge in [0.15, 0.2) is 0 Å². The van der Waals surface area contributed by atoms with Crippen LogP contribution in [0.3, 0.4) is 0 Å². The van der Waals surface area contributed by atoms with E-state index in [1.165, 1.54) is 37.7 Å². The summed E-state index contributed by atoms with van der Waals surface area (Å²) in [6.45, 7) is 6.54. The Morgan fingerprint density at radius 3 is 2.64 bits per heavy atom. The number of piperazine rings is 1. The van der Waals surface area contributed by atoms with Crippen LogP contribution >= 0.6 is 0 Å². The van der Waals surface area contributed by atoms with Gasteiger partial charge in [0.25, 0.3) is 0 Å². The van der Waals surface area contributed by atoms with Crippen LogP contribution in [0.4, 0.5) is 0 Å². The number of carbonyl (C=O) groups excluding carboxylic acids is 1. The second-order valence-electron chi connectivity index (χ2n) is 7.31. The molecule has 2 heterocycles. The summed E-state index contributed by atoms with van der Waals surface area (Å²) < 4.78 is 2.00. The molecule has 5 heteroatoms. The fraction of sp³-hybridized carbons (Fsp3) is 0.765. The Morgan fingerprint density at radius 2 is 2.00 bits per heavy atom. The zero-order valence-corrected chi connectivity index (χ0v) is 14.1. The molecule has 3 rings (SSSR count). The highest BCUT2D eigenvalue weighted by Gasteiger charge is 2.44. The topological polar surface area (TPSA) is 41.4 Å². The van der Waals surface area contributed by atoms with Gasteiger partial charge in [-0.15, -0.1) is 0 Å². The van der Waals surface area contributed by atoms with Crippen LogP contribution in [0.15, 0.2) is 12.4 Å². The summed E-state index contributed by atoms with van der Waals surface area (Å²) in [6, 6.07) is 0.381. The van der Waals surface area contributed by atoms with Crippen molar-refractivity contribution in [2.45, 2.75) is 64.1 Å². The van der Waals surface area contributed by atoms with Crippen LogP contribution < -0.4 is 0 Å². The summed E-state index contributed by atoms with van der Waals surface area (Å²) in [5, 5.41) is 4.44. The van der Waals surface area contributed by atoms with Crippen molar-refractivity contribution in [3.05, 3.63) is 18.0 Å². The minimum atomic E-state index is 0.181. The molecule has 0 bridgehead atoms. The molecule has 0 unspecified atom stereocenters. The lowest BCUT2D eigenvalue weighted by Crippen LogP contribution is -2.63. The minimum Gasteiger partial charge on any atom is -0.343 e. The predicted octanol–water partition coefficient (Wildman–Crippen LogP) is 2.44. The van der Waals surface area contributed by atoms with Crippen molar-refractivity contribution in [2.24, 2.45) is 0 Å². The van der Waals surface area contributed by atoms with E-state index in [4.69, 9.17) is 0 Å². The first kappa shape index (κ1) is 15.5. The smallest absolute Gasteiger partial charge is 0.236 e. The molecule has 122 valence electrons. The molecule has 2 fully saturated rings. The van der Waals surface area contributed by atoms with Crippen LogP contribution in [0.2, 0.25) is 0 Å². The second kappa shape index (κ2) is 6.03. The molecule has 0 radical (unpaired) electrons. The molecule has 1 aromatic rings. The van der Waals surface area contributed by atoms with E-state index in [1.54, 1.807) is 0 Å². The van der Waals surface area contributed by atoms with Crippen LogP contribution in [0.1, 0.15) is 57.6 Å². The van der Waals surface area contributed by atoms with Crippen LogP contribution in [0.5, 0.6) is 0 Å². The number of carbonyl (C=O) groups is 1. The molecular weight excluding hydrogens is 276 g/mol. The monoisotopic (exact) mass is 304 g/mol. The molecule has 22 heavy (non-hydrogen) atoms. The number of likely N-dealkylation sites (N-methyl/N-ethyl adjacent to an activating group) is 1. The third kappa shape index (κ3) is 2.91. The SMILES string of the molecule is CC(C)n1cc(CN2CC(=O)N(C)CC23CCCCC3)cn1. The van der Waals surface area contributed by atoms with E-state index in [0.717, 1.165) is 13.1 Å². The zero-order chi connectivity index (χ0) is 15.7. The number of aromatic nitrogens is 2. The van der Waals surface area contributed by atoms with Gasteiger partial charge in [0, 0.05) is 43.5 Å². The standard InChI is InChI=1S/C17H28N4O/c1-14(2)21-11-15(9-18-21)10-20-12-16(22)19(3)13-17(20)7-5-4-6-8-17/h9,11,14H,4-8,10,12-13H2,1-3H3. The average molecular weight is 304 g/mol. The minimum absolute atomic E-state index is 0.181. The first-order valence-corrected chi connectivity index (χ1v) is 8.52. The number of hydrogen-bond acceptors (Lipinski definition) is 3. The first-order valence-electron chi connectivity index (χ1n) is 8.52. The molecule has 1 spiro atoms. The molecule has 5 nitrogen and oxygen atoms in total. The van der Waals surface area contributed by atoms with Gasteiger partial charge in [-0.25, -0.2) is 0 Å². The largest absolute Gasteiger partial charge is 0.343 e. The molecule has 1 amide bonds. The molecule has 2 aliphatic rings. The lowest BCUT2D eigenvalue weighted by Gasteiger charge is -2.51. The average Bonchev–Trinajstić information content (AvgIpc) is 2.95. The Hall–Kier alpha value is -1.36. The molecule has 1 aromatic heterocycles. The molecule has 0 N–H and O–H groups in total. The van der Waals surface area contributed by atoms with E-state index in [0.29, 0.717) is 12.6 Å². The third-order valence-corrected chi connectivity index (χ3v) is 5.30. The fourth-order valence-electron chi connectivity index (χ4n) is 3.95. The molecule has 1 saturated carbocycles. The fourth-order valence-corrected chi connectivity index (χ4v) is 3.95. The van der Waals surface area contributed by atoms with Gasteiger partial charge < -0.3 is 4.90 Å². The highest BCUT2D eigenvalue weighted by molar-refractivity contribution is 5.79. The Bertz CT molecular complexity index is 531. The van der Waals surface area contributed by atoms with Crippen molar-refractivity contribution in [3.63, 3.8) is 0 Å². The normalized spacial score (nSPS) is 22.7. The first-order chi connectivity index (χ1) is 10.5. The van der Waals surface area contributed by atoms with Gasteiger partial charge in [0.2, 0.25) is 5.91 Å². The quantitative estimate of drug-likeness (QED) is 0.861.